The summed E-state index contributed by atoms with van der Waals surface area (Å²) in [5, 5.41) is 3.64. The van der Waals surface area contributed by atoms with Gasteiger partial charge < -0.3 is 11.1 Å². The Labute approximate surface area is 111 Å². The number of carbonyl (C=O) groups is 1. The van der Waals surface area contributed by atoms with Gasteiger partial charge in [0.15, 0.2) is 0 Å². The van der Waals surface area contributed by atoms with Crippen molar-refractivity contribution < 1.29 is 4.79 Å². The fourth-order valence-electron chi connectivity index (χ4n) is 1.24. The summed E-state index contributed by atoms with van der Waals surface area (Å²) in [7, 11) is 0. The fourth-order valence-corrected chi connectivity index (χ4v) is 1.77. The van der Waals surface area contributed by atoms with Gasteiger partial charge in [-0.05, 0) is 23.6 Å². The van der Waals surface area contributed by atoms with E-state index in [-0.39, 0.29) is 11.3 Å². The van der Waals surface area contributed by atoms with Gasteiger partial charge in [0.05, 0.1) is 6.04 Å². The summed E-state index contributed by atoms with van der Waals surface area (Å²) in [6.45, 7) is 5.71. The minimum atomic E-state index is -0.597. The zero-order valence-electron chi connectivity index (χ0n) is 10.1. The lowest BCUT2D eigenvalue weighted by Crippen LogP contribution is -2.45. The van der Waals surface area contributed by atoms with Gasteiger partial charge in [-0.3, -0.25) is 4.79 Å². The van der Waals surface area contributed by atoms with Gasteiger partial charge in [-0.2, -0.15) is 0 Å². The first-order valence-corrected chi connectivity index (χ1v) is 5.98. The summed E-state index contributed by atoms with van der Waals surface area (Å²) in [6.07, 6.45) is 0. The molecule has 17 heavy (non-hydrogen) atoms. The quantitative estimate of drug-likeness (QED) is 0.870. The molecule has 5 heteroatoms. The molecule has 3 N–H and O–H groups in total. The van der Waals surface area contributed by atoms with Crippen molar-refractivity contribution >= 4 is 34.8 Å². The second-order valence-corrected chi connectivity index (χ2v) is 5.86. The van der Waals surface area contributed by atoms with Gasteiger partial charge >= 0.3 is 0 Å². The first-order chi connectivity index (χ1) is 7.70. The highest BCUT2D eigenvalue weighted by Crippen LogP contribution is 2.24. The number of carbonyl (C=O) groups excluding carboxylic acids is 1. The number of halogens is 2. The molecule has 0 aromatic heterocycles. The van der Waals surface area contributed by atoms with E-state index in [0.29, 0.717) is 15.7 Å². The summed E-state index contributed by atoms with van der Waals surface area (Å²) >= 11 is 11.7. The topological polar surface area (TPSA) is 55.1 Å². The summed E-state index contributed by atoms with van der Waals surface area (Å²) in [4.78, 5) is 11.9. The Bertz CT molecular complexity index is 407. The van der Waals surface area contributed by atoms with Gasteiger partial charge in [-0.15, -0.1) is 0 Å². The Morgan fingerprint density at radius 3 is 2.12 bits per heavy atom. The molecule has 1 atom stereocenters. The van der Waals surface area contributed by atoms with Gasteiger partial charge in [0.2, 0.25) is 5.91 Å². The Morgan fingerprint density at radius 1 is 1.24 bits per heavy atom. The van der Waals surface area contributed by atoms with Crippen molar-refractivity contribution in [2.24, 2.45) is 11.1 Å². The van der Waals surface area contributed by atoms with Gasteiger partial charge in [-0.1, -0.05) is 44.0 Å². The smallest absolute Gasteiger partial charge is 0.241 e. The Kier molecular flexibility index (Phi) is 4.42. The maximum absolute atomic E-state index is 11.9. The summed E-state index contributed by atoms with van der Waals surface area (Å²) in [5.41, 5.74) is 6.09. The van der Waals surface area contributed by atoms with Crippen LogP contribution in [0.25, 0.3) is 0 Å². The third-order valence-corrected chi connectivity index (χ3v) is 2.78. The van der Waals surface area contributed by atoms with Gasteiger partial charge in [-0.25, -0.2) is 0 Å². The van der Waals surface area contributed by atoms with E-state index in [2.05, 4.69) is 5.32 Å². The molecule has 0 aliphatic carbocycles. The average molecular weight is 275 g/mol. The summed E-state index contributed by atoms with van der Waals surface area (Å²) in [6, 6.07) is 4.25. The molecule has 0 saturated carbocycles. The highest BCUT2D eigenvalue weighted by Gasteiger charge is 2.27. The van der Waals surface area contributed by atoms with Crippen molar-refractivity contribution in [2.45, 2.75) is 26.8 Å². The van der Waals surface area contributed by atoms with Gasteiger partial charge in [0, 0.05) is 15.7 Å². The van der Waals surface area contributed by atoms with Crippen LogP contribution in [-0.2, 0) is 4.79 Å². The van der Waals surface area contributed by atoms with Crippen LogP contribution in [0.15, 0.2) is 18.2 Å². The standard InChI is InChI=1S/C12H16Cl2N2O/c1-12(2,3)10(15)11(17)16-9-5-7(13)4-8(14)6-9/h4-6,10H,15H2,1-3H3,(H,16,17)/t10-/m1/s1. The Hall–Kier alpha value is -0.770. The molecule has 1 aromatic rings. The number of amides is 1. The van der Waals surface area contributed by atoms with Gasteiger partial charge in [0.1, 0.15) is 0 Å². The number of nitrogens with one attached hydrogen (secondary N) is 1. The second-order valence-electron chi connectivity index (χ2n) is 4.99. The zero-order valence-corrected chi connectivity index (χ0v) is 11.6. The minimum absolute atomic E-state index is 0.254. The molecule has 94 valence electrons. The molecule has 0 fully saturated rings. The second kappa shape index (κ2) is 5.25. The third kappa shape index (κ3) is 4.19. The molecule has 1 amide bonds. The van der Waals surface area contributed by atoms with Crippen molar-refractivity contribution in [3.05, 3.63) is 28.2 Å². The molecule has 0 aliphatic heterocycles. The van der Waals surface area contributed by atoms with Crippen molar-refractivity contribution in [1.82, 2.24) is 0 Å². The van der Waals surface area contributed by atoms with Gasteiger partial charge in [0.25, 0.3) is 0 Å². The van der Waals surface area contributed by atoms with E-state index >= 15 is 0 Å². The molecule has 0 unspecified atom stereocenters. The van der Waals surface area contributed by atoms with Crippen LogP contribution >= 0.6 is 23.2 Å². The van der Waals surface area contributed by atoms with Crippen molar-refractivity contribution in [2.75, 3.05) is 5.32 Å². The maximum Gasteiger partial charge on any atom is 0.241 e. The van der Waals surface area contributed by atoms with Crippen LogP contribution in [0, 0.1) is 5.41 Å². The van der Waals surface area contributed by atoms with E-state index in [1.165, 1.54) is 0 Å². The van der Waals surface area contributed by atoms with Crippen LogP contribution in [0.3, 0.4) is 0 Å². The Balaban J connectivity index is 2.81. The molecule has 1 rings (SSSR count). The highest BCUT2D eigenvalue weighted by molar-refractivity contribution is 6.35. The van der Waals surface area contributed by atoms with Crippen LogP contribution in [-0.4, -0.2) is 11.9 Å². The summed E-state index contributed by atoms with van der Waals surface area (Å²) in [5.74, 6) is -0.254. The normalized spacial score (nSPS) is 13.3. The van der Waals surface area contributed by atoms with Crippen LogP contribution in [0.2, 0.25) is 10.0 Å². The van der Waals surface area contributed by atoms with Crippen molar-refractivity contribution in [1.29, 1.82) is 0 Å². The lowest BCUT2D eigenvalue weighted by atomic mass is 9.87. The largest absolute Gasteiger partial charge is 0.325 e. The maximum atomic E-state index is 11.9. The van der Waals surface area contributed by atoms with E-state index in [1.807, 2.05) is 20.8 Å². The summed E-state index contributed by atoms with van der Waals surface area (Å²) < 4.78 is 0. The monoisotopic (exact) mass is 274 g/mol. The van der Waals surface area contributed by atoms with E-state index in [0.717, 1.165) is 0 Å². The number of hydrogen-bond donors (Lipinski definition) is 2. The lowest BCUT2D eigenvalue weighted by Gasteiger charge is -2.25. The van der Waals surface area contributed by atoms with Crippen molar-refractivity contribution in [3.63, 3.8) is 0 Å². The molecule has 0 spiro atoms. The first-order valence-electron chi connectivity index (χ1n) is 5.22. The van der Waals surface area contributed by atoms with Crippen LogP contribution in [0.1, 0.15) is 20.8 Å². The molecule has 1 aromatic carbocycles. The predicted molar refractivity (Wildman–Crippen MR) is 72.5 cm³/mol. The van der Waals surface area contributed by atoms with Crippen LogP contribution in [0.5, 0.6) is 0 Å². The van der Waals surface area contributed by atoms with E-state index in [9.17, 15) is 4.79 Å². The highest BCUT2D eigenvalue weighted by atomic mass is 35.5. The molecule has 0 radical (unpaired) electrons. The van der Waals surface area contributed by atoms with E-state index in [1.54, 1.807) is 18.2 Å². The number of nitrogens with two attached hydrogens (primary N) is 1. The number of benzene rings is 1. The van der Waals surface area contributed by atoms with E-state index in [4.69, 9.17) is 28.9 Å². The van der Waals surface area contributed by atoms with Crippen molar-refractivity contribution in [3.8, 4) is 0 Å². The zero-order chi connectivity index (χ0) is 13.2. The average Bonchev–Trinajstić information content (AvgIpc) is 2.13. The third-order valence-electron chi connectivity index (χ3n) is 2.35. The molecular weight excluding hydrogens is 259 g/mol. The molecule has 0 aliphatic rings. The molecule has 3 nitrogen and oxygen atoms in total. The molecule has 0 heterocycles. The molecular formula is C12H16Cl2N2O. The minimum Gasteiger partial charge on any atom is -0.325 e. The Morgan fingerprint density at radius 2 is 1.71 bits per heavy atom. The fraction of sp³-hybridized carbons (Fsp3) is 0.417. The number of rotatable bonds is 2. The SMILES string of the molecule is CC(C)(C)[C@H](N)C(=O)Nc1cc(Cl)cc(Cl)c1. The molecule has 0 bridgehead atoms. The number of anilines is 1. The van der Waals surface area contributed by atoms with Crippen LogP contribution in [0.4, 0.5) is 5.69 Å². The lowest BCUT2D eigenvalue weighted by molar-refractivity contribution is -0.119. The first kappa shape index (κ1) is 14.3. The predicted octanol–water partition coefficient (Wildman–Crippen LogP) is 3.31. The van der Waals surface area contributed by atoms with Crippen LogP contribution < -0.4 is 11.1 Å². The number of hydrogen-bond acceptors (Lipinski definition) is 2. The van der Waals surface area contributed by atoms with E-state index < -0.39 is 6.04 Å². The molecule has 0 saturated heterocycles.